The minimum Gasteiger partial charge on any atom is -0.299 e. The van der Waals surface area contributed by atoms with Gasteiger partial charge in [0, 0.05) is 18.9 Å². The van der Waals surface area contributed by atoms with Gasteiger partial charge in [-0.15, -0.1) is 0 Å². The van der Waals surface area contributed by atoms with Gasteiger partial charge in [0.15, 0.2) is 0 Å². The number of hydrogen-bond acceptors (Lipinski definition) is 3. The van der Waals surface area contributed by atoms with E-state index < -0.39 is 0 Å². The number of fused-ring (bicyclic) bond motifs is 1. The van der Waals surface area contributed by atoms with Crippen molar-refractivity contribution in [3.63, 3.8) is 0 Å². The van der Waals surface area contributed by atoms with E-state index in [4.69, 9.17) is 0 Å². The van der Waals surface area contributed by atoms with Crippen LogP contribution in [-0.4, -0.2) is 29.0 Å². The Bertz CT molecular complexity index is 416. The van der Waals surface area contributed by atoms with Gasteiger partial charge in [-0.25, -0.2) is 0 Å². The zero-order valence-electron chi connectivity index (χ0n) is 10.9. The molecular formula is C14H19NO3. The van der Waals surface area contributed by atoms with Crippen molar-refractivity contribution in [2.45, 2.75) is 39.5 Å². The number of rotatable bonds is 3. The molecule has 0 aromatic rings. The Labute approximate surface area is 107 Å². The highest BCUT2D eigenvalue weighted by molar-refractivity contribution is 6.10. The molecule has 0 spiro atoms. The lowest BCUT2D eigenvalue weighted by Gasteiger charge is -2.21. The van der Waals surface area contributed by atoms with Gasteiger partial charge in [-0.1, -0.05) is 13.8 Å². The minimum absolute atomic E-state index is 0.0135. The van der Waals surface area contributed by atoms with Crippen molar-refractivity contribution in [1.82, 2.24) is 4.90 Å². The summed E-state index contributed by atoms with van der Waals surface area (Å²) in [5.74, 6) is 0.171. The molecule has 98 valence electrons. The van der Waals surface area contributed by atoms with Crippen molar-refractivity contribution in [2.24, 2.45) is 23.2 Å². The second-order valence-corrected chi connectivity index (χ2v) is 6.45. The van der Waals surface area contributed by atoms with Gasteiger partial charge < -0.3 is 0 Å². The van der Waals surface area contributed by atoms with Gasteiger partial charge in [-0.05, 0) is 24.7 Å². The zero-order chi connectivity index (χ0) is 13.1. The van der Waals surface area contributed by atoms with Crippen LogP contribution in [0.2, 0.25) is 0 Å². The first-order valence-electron chi connectivity index (χ1n) is 6.82. The molecule has 4 heteroatoms. The Kier molecular flexibility index (Phi) is 2.41. The van der Waals surface area contributed by atoms with Crippen LogP contribution in [0.15, 0.2) is 0 Å². The van der Waals surface area contributed by atoms with E-state index >= 15 is 0 Å². The van der Waals surface area contributed by atoms with Gasteiger partial charge in [0.05, 0.1) is 11.8 Å². The van der Waals surface area contributed by atoms with Crippen molar-refractivity contribution in [3.8, 4) is 0 Å². The van der Waals surface area contributed by atoms with Crippen molar-refractivity contribution in [3.05, 3.63) is 0 Å². The monoisotopic (exact) mass is 249 g/mol. The number of nitrogens with zero attached hydrogens (tertiary/aromatic N) is 1. The summed E-state index contributed by atoms with van der Waals surface area (Å²) >= 11 is 0. The first-order valence-corrected chi connectivity index (χ1v) is 6.82. The van der Waals surface area contributed by atoms with E-state index in [0.717, 1.165) is 12.8 Å². The molecule has 3 fully saturated rings. The predicted molar refractivity (Wildman–Crippen MR) is 64.4 cm³/mol. The van der Waals surface area contributed by atoms with Crippen molar-refractivity contribution in [2.75, 3.05) is 6.54 Å². The Morgan fingerprint density at radius 3 is 2.28 bits per heavy atom. The highest BCUT2D eigenvalue weighted by atomic mass is 16.2. The maximum Gasteiger partial charge on any atom is 0.233 e. The fourth-order valence-electron chi connectivity index (χ4n) is 3.70. The van der Waals surface area contributed by atoms with Crippen LogP contribution in [0.4, 0.5) is 0 Å². The topological polar surface area (TPSA) is 54.5 Å². The molecule has 0 bridgehead atoms. The van der Waals surface area contributed by atoms with Crippen LogP contribution in [0, 0.1) is 23.2 Å². The molecule has 0 aromatic carbocycles. The smallest absolute Gasteiger partial charge is 0.233 e. The standard InChI is InChI=1S/C14H19NO3/c1-14(2)10-11(14)13(18)15(12(10)17)7-6-8-4-3-5-9(8)16/h8,10-11H,3-7H2,1-2H3. The summed E-state index contributed by atoms with van der Waals surface area (Å²) in [5.41, 5.74) is -0.131. The van der Waals surface area contributed by atoms with Gasteiger partial charge in [-0.3, -0.25) is 19.3 Å². The average Bonchev–Trinajstić information content (AvgIpc) is 2.57. The third-order valence-corrected chi connectivity index (χ3v) is 5.02. The second kappa shape index (κ2) is 3.65. The quantitative estimate of drug-likeness (QED) is 0.710. The lowest BCUT2D eigenvalue weighted by atomic mass is 10.0. The zero-order valence-corrected chi connectivity index (χ0v) is 10.9. The first kappa shape index (κ1) is 11.9. The van der Waals surface area contributed by atoms with Crippen molar-refractivity contribution < 1.29 is 14.4 Å². The van der Waals surface area contributed by atoms with E-state index in [1.54, 1.807) is 0 Å². The maximum atomic E-state index is 12.1. The van der Waals surface area contributed by atoms with Crippen molar-refractivity contribution >= 4 is 17.6 Å². The lowest BCUT2D eigenvalue weighted by Crippen LogP contribution is -2.37. The maximum absolute atomic E-state index is 12.1. The first-order chi connectivity index (χ1) is 8.44. The molecule has 0 radical (unpaired) electrons. The highest BCUT2D eigenvalue weighted by Crippen LogP contribution is 2.63. The molecule has 0 N–H and O–H groups in total. The molecule has 4 nitrogen and oxygen atoms in total. The summed E-state index contributed by atoms with van der Waals surface area (Å²) in [6.07, 6.45) is 3.22. The van der Waals surface area contributed by atoms with E-state index in [9.17, 15) is 14.4 Å². The van der Waals surface area contributed by atoms with E-state index in [1.807, 2.05) is 13.8 Å². The molecule has 3 aliphatic rings. The summed E-state index contributed by atoms with van der Waals surface area (Å²) < 4.78 is 0. The molecule has 3 unspecified atom stereocenters. The number of amides is 2. The Balaban J connectivity index is 1.61. The number of likely N-dealkylation sites (tertiary alicyclic amines) is 1. The van der Waals surface area contributed by atoms with Crippen LogP contribution >= 0.6 is 0 Å². The lowest BCUT2D eigenvalue weighted by molar-refractivity contribution is -0.143. The molecule has 2 aliphatic carbocycles. The molecule has 2 saturated carbocycles. The van der Waals surface area contributed by atoms with E-state index in [0.29, 0.717) is 25.2 Å². The summed E-state index contributed by atoms with van der Waals surface area (Å²) in [7, 11) is 0. The third-order valence-electron chi connectivity index (χ3n) is 5.02. The van der Waals surface area contributed by atoms with Gasteiger partial charge in [0.25, 0.3) is 0 Å². The molecule has 3 rings (SSSR count). The Morgan fingerprint density at radius 1 is 1.17 bits per heavy atom. The van der Waals surface area contributed by atoms with Gasteiger partial charge in [0.2, 0.25) is 11.8 Å². The van der Waals surface area contributed by atoms with Crippen LogP contribution in [0.3, 0.4) is 0 Å². The fraction of sp³-hybridized carbons (Fsp3) is 0.786. The van der Waals surface area contributed by atoms with Crippen LogP contribution in [-0.2, 0) is 14.4 Å². The number of Topliss-reactive ketones (excluding diaryl/α,β-unsaturated/α-hetero) is 1. The normalized spacial score (nSPS) is 37.3. The average molecular weight is 249 g/mol. The number of ketones is 1. The summed E-state index contributed by atoms with van der Waals surface area (Å²) in [6, 6.07) is 0. The van der Waals surface area contributed by atoms with Crippen molar-refractivity contribution in [1.29, 1.82) is 0 Å². The molecule has 3 atom stereocenters. The van der Waals surface area contributed by atoms with Gasteiger partial charge in [0.1, 0.15) is 5.78 Å². The molecule has 2 amide bonds. The van der Waals surface area contributed by atoms with Crippen LogP contribution in [0.5, 0.6) is 0 Å². The number of carbonyl (C=O) groups excluding carboxylic acids is 3. The van der Waals surface area contributed by atoms with Crippen LogP contribution < -0.4 is 0 Å². The minimum atomic E-state index is -0.131. The van der Waals surface area contributed by atoms with Crippen LogP contribution in [0.1, 0.15) is 39.5 Å². The largest absolute Gasteiger partial charge is 0.299 e. The van der Waals surface area contributed by atoms with Crippen LogP contribution in [0.25, 0.3) is 0 Å². The molecule has 18 heavy (non-hydrogen) atoms. The number of hydrogen-bond donors (Lipinski definition) is 0. The Morgan fingerprint density at radius 2 is 1.78 bits per heavy atom. The number of carbonyl (C=O) groups is 3. The second-order valence-electron chi connectivity index (χ2n) is 6.45. The Hall–Kier alpha value is -1.19. The highest BCUT2D eigenvalue weighted by Gasteiger charge is 2.72. The molecule has 1 saturated heterocycles. The van der Waals surface area contributed by atoms with E-state index in [2.05, 4.69) is 0 Å². The van der Waals surface area contributed by atoms with E-state index in [1.165, 1.54) is 4.90 Å². The summed E-state index contributed by atoms with van der Waals surface area (Å²) in [5, 5.41) is 0. The molecular weight excluding hydrogens is 230 g/mol. The van der Waals surface area contributed by atoms with E-state index in [-0.39, 0.29) is 35.0 Å². The van der Waals surface area contributed by atoms with Gasteiger partial charge in [-0.2, -0.15) is 0 Å². The van der Waals surface area contributed by atoms with Gasteiger partial charge >= 0.3 is 0 Å². The third kappa shape index (κ3) is 1.47. The summed E-state index contributed by atoms with van der Waals surface area (Å²) in [6.45, 7) is 4.41. The number of imide groups is 1. The molecule has 0 aromatic heterocycles. The molecule has 1 aliphatic heterocycles. The fourth-order valence-corrected chi connectivity index (χ4v) is 3.70. The number of piperidine rings is 1. The summed E-state index contributed by atoms with van der Waals surface area (Å²) in [4.78, 5) is 37.1. The SMILES string of the molecule is CC1(C)C2C(=O)N(CCC3CCCC3=O)C(=O)C21. The molecule has 1 heterocycles. The predicted octanol–water partition coefficient (Wildman–Crippen LogP) is 1.39.